The first-order chi connectivity index (χ1) is 16.5. The third-order valence-corrected chi connectivity index (χ3v) is 6.54. The van der Waals surface area contributed by atoms with Crippen LogP contribution in [-0.2, 0) is 0 Å². The number of ether oxygens (including phenoxy) is 2. The fourth-order valence-electron chi connectivity index (χ4n) is 4.82. The zero-order valence-electron chi connectivity index (χ0n) is 20.9. The highest BCUT2D eigenvalue weighted by Crippen LogP contribution is 2.36. The number of aromatic nitrogens is 3. The minimum atomic E-state index is -0.107. The Morgan fingerprint density at radius 3 is 2.65 bits per heavy atom. The van der Waals surface area contributed by atoms with Crippen molar-refractivity contribution in [2.24, 2.45) is 0 Å². The van der Waals surface area contributed by atoms with Gasteiger partial charge in [0.25, 0.3) is 5.91 Å². The Kier molecular flexibility index (Phi) is 7.36. The van der Waals surface area contributed by atoms with E-state index in [2.05, 4.69) is 22.1 Å². The lowest BCUT2D eigenvalue weighted by Crippen LogP contribution is -2.40. The normalized spacial score (nSPS) is 16.2. The molecule has 8 heteroatoms. The Morgan fingerprint density at radius 2 is 1.91 bits per heavy atom. The van der Waals surface area contributed by atoms with Crippen molar-refractivity contribution < 1.29 is 14.3 Å². The Labute approximate surface area is 201 Å². The van der Waals surface area contributed by atoms with Gasteiger partial charge < -0.3 is 14.8 Å². The number of nitrogens with one attached hydrogen (secondary N) is 1. The van der Waals surface area contributed by atoms with Gasteiger partial charge in [-0.05, 0) is 71.3 Å². The van der Waals surface area contributed by atoms with Crippen LogP contribution in [0, 0.1) is 13.8 Å². The highest BCUT2D eigenvalue weighted by molar-refractivity contribution is 5.95. The summed E-state index contributed by atoms with van der Waals surface area (Å²) in [5.41, 5.74) is 4.74. The van der Waals surface area contributed by atoms with Gasteiger partial charge >= 0.3 is 0 Å². The van der Waals surface area contributed by atoms with Gasteiger partial charge in [0.15, 0.2) is 17.1 Å². The molecule has 1 aromatic carbocycles. The summed E-state index contributed by atoms with van der Waals surface area (Å²) in [5, 5.41) is 7.83. The molecule has 8 nitrogen and oxygen atoms in total. The summed E-state index contributed by atoms with van der Waals surface area (Å²) in [6, 6.07) is 6.29. The zero-order valence-corrected chi connectivity index (χ0v) is 20.9. The highest BCUT2D eigenvalue weighted by Gasteiger charge is 2.24. The van der Waals surface area contributed by atoms with Gasteiger partial charge in [0.1, 0.15) is 0 Å². The predicted octanol–water partition coefficient (Wildman–Crippen LogP) is 4.02. The van der Waals surface area contributed by atoms with Crippen LogP contribution >= 0.6 is 0 Å². The second-order valence-electron chi connectivity index (χ2n) is 8.62. The third-order valence-electron chi connectivity index (χ3n) is 6.54. The minimum Gasteiger partial charge on any atom is -0.490 e. The number of aryl methyl sites for hydroxylation is 2. The average molecular weight is 466 g/mol. The molecular weight excluding hydrogens is 430 g/mol. The fourth-order valence-corrected chi connectivity index (χ4v) is 4.82. The van der Waals surface area contributed by atoms with Gasteiger partial charge in [-0.25, -0.2) is 9.50 Å². The molecule has 0 saturated carbocycles. The lowest BCUT2D eigenvalue weighted by atomic mass is 10.1. The second-order valence-corrected chi connectivity index (χ2v) is 8.62. The van der Waals surface area contributed by atoms with Crippen LogP contribution in [0.5, 0.6) is 11.5 Å². The van der Waals surface area contributed by atoms with Gasteiger partial charge in [-0.3, -0.25) is 9.69 Å². The maximum absolute atomic E-state index is 13.0. The maximum atomic E-state index is 13.0. The SMILES string of the molecule is CCOc1ccc(-c2c(C)nn3c(C)c(C(=O)NC[C@H]4CCCN4CC)cnc23)cc1OCC. The molecule has 1 aliphatic rings. The number of hydrogen-bond acceptors (Lipinski definition) is 6. The molecule has 0 aliphatic carbocycles. The quantitative estimate of drug-likeness (QED) is 0.514. The molecule has 182 valence electrons. The molecule has 3 aromatic rings. The van der Waals surface area contributed by atoms with Crippen molar-refractivity contribution in [2.45, 2.75) is 53.5 Å². The van der Waals surface area contributed by atoms with E-state index < -0.39 is 0 Å². The van der Waals surface area contributed by atoms with E-state index in [9.17, 15) is 4.79 Å². The summed E-state index contributed by atoms with van der Waals surface area (Å²) in [4.78, 5) is 20.1. The van der Waals surface area contributed by atoms with Crippen LogP contribution in [0.15, 0.2) is 24.4 Å². The van der Waals surface area contributed by atoms with E-state index in [0.29, 0.717) is 48.5 Å². The number of fused-ring (bicyclic) bond motifs is 1. The lowest BCUT2D eigenvalue weighted by Gasteiger charge is -2.23. The molecule has 3 heterocycles. The first-order valence-electron chi connectivity index (χ1n) is 12.3. The average Bonchev–Trinajstić information content (AvgIpc) is 3.43. The van der Waals surface area contributed by atoms with Crippen molar-refractivity contribution in [3.8, 4) is 22.6 Å². The van der Waals surface area contributed by atoms with Crippen molar-refractivity contribution in [3.05, 3.63) is 41.3 Å². The number of likely N-dealkylation sites (N-methyl/N-ethyl adjacent to an activating group) is 1. The summed E-state index contributed by atoms with van der Waals surface area (Å²) >= 11 is 0. The fraction of sp³-hybridized carbons (Fsp3) is 0.500. The van der Waals surface area contributed by atoms with Crippen LogP contribution in [0.4, 0.5) is 0 Å². The van der Waals surface area contributed by atoms with Gasteiger partial charge in [-0.2, -0.15) is 5.10 Å². The highest BCUT2D eigenvalue weighted by atomic mass is 16.5. The molecule has 1 aliphatic heterocycles. The van der Waals surface area contributed by atoms with Gasteiger partial charge in [-0.15, -0.1) is 0 Å². The van der Waals surface area contributed by atoms with Gasteiger partial charge in [0, 0.05) is 24.3 Å². The second kappa shape index (κ2) is 10.4. The monoisotopic (exact) mass is 465 g/mol. The summed E-state index contributed by atoms with van der Waals surface area (Å²) < 4.78 is 13.3. The van der Waals surface area contributed by atoms with Crippen LogP contribution in [-0.4, -0.2) is 64.3 Å². The van der Waals surface area contributed by atoms with Gasteiger partial charge in [-0.1, -0.05) is 13.0 Å². The lowest BCUT2D eigenvalue weighted by molar-refractivity contribution is 0.0939. The Morgan fingerprint density at radius 1 is 1.15 bits per heavy atom. The summed E-state index contributed by atoms with van der Waals surface area (Å²) in [5.74, 6) is 1.31. The minimum absolute atomic E-state index is 0.107. The summed E-state index contributed by atoms with van der Waals surface area (Å²) in [6.07, 6.45) is 3.97. The molecule has 34 heavy (non-hydrogen) atoms. The first kappa shape index (κ1) is 24.0. The van der Waals surface area contributed by atoms with E-state index in [-0.39, 0.29) is 5.91 Å². The number of nitrogens with zero attached hydrogens (tertiary/aromatic N) is 4. The third kappa shape index (κ3) is 4.59. The summed E-state index contributed by atoms with van der Waals surface area (Å²) in [6.45, 7) is 13.8. The van der Waals surface area contributed by atoms with Crippen molar-refractivity contribution >= 4 is 11.6 Å². The van der Waals surface area contributed by atoms with E-state index in [1.54, 1.807) is 10.7 Å². The number of hydrogen-bond donors (Lipinski definition) is 1. The first-order valence-corrected chi connectivity index (χ1v) is 12.3. The molecule has 1 atom stereocenters. The van der Waals surface area contributed by atoms with Crippen molar-refractivity contribution in [1.29, 1.82) is 0 Å². The van der Waals surface area contributed by atoms with Crippen LogP contribution in [0.3, 0.4) is 0 Å². The Bertz CT molecular complexity index is 1170. The van der Waals surface area contributed by atoms with Crippen LogP contribution in [0.2, 0.25) is 0 Å². The zero-order chi connectivity index (χ0) is 24.2. The number of benzene rings is 1. The van der Waals surface area contributed by atoms with Gasteiger partial charge in [0.05, 0.1) is 30.2 Å². The van der Waals surface area contributed by atoms with E-state index in [1.165, 1.54) is 6.42 Å². The standard InChI is InChI=1S/C26H35N5O3/c1-6-30-13-9-10-20(30)15-28-26(32)21-16-27-25-24(17(4)29-31(25)18(21)5)19-11-12-22(33-7-2)23(14-19)34-8-3/h11-12,14,16,20H,6-10,13,15H2,1-5H3,(H,28,32)/t20-/m1/s1. The van der Waals surface area contributed by atoms with E-state index in [1.807, 2.05) is 45.9 Å². The maximum Gasteiger partial charge on any atom is 0.254 e. The number of amides is 1. The molecule has 0 bridgehead atoms. The Hall–Kier alpha value is -3.13. The van der Waals surface area contributed by atoms with Gasteiger partial charge in [0.2, 0.25) is 0 Å². The number of likely N-dealkylation sites (tertiary alicyclic amines) is 1. The molecular formula is C26H35N5O3. The number of carbonyl (C=O) groups is 1. The van der Waals surface area contributed by atoms with Crippen molar-refractivity contribution in [2.75, 3.05) is 32.8 Å². The topological polar surface area (TPSA) is 81.0 Å². The molecule has 1 saturated heterocycles. The van der Waals surface area contributed by atoms with Crippen LogP contribution in [0.1, 0.15) is 55.4 Å². The molecule has 0 unspecified atom stereocenters. The molecule has 1 N–H and O–H groups in total. The van der Waals surface area contributed by atoms with Crippen LogP contribution < -0.4 is 14.8 Å². The Balaban J connectivity index is 1.63. The smallest absolute Gasteiger partial charge is 0.254 e. The number of carbonyl (C=O) groups excluding carboxylic acids is 1. The molecule has 0 radical (unpaired) electrons. The molecule has 2 aromatic heterocycles. The van der Waals surface area contributed by atoms with Crippen molar-refractivity contribution in [1.82, 2.24) is 24.8 Å². The summed E-state index contributed by atoms with van der Waals surface area (Å²) in [7, 11) is 0. The predicted molar refractivity (Wildman–Crippen MR) is 133 cm³/mol. The number of rotatable bonds is 9. The molecule has 4 rings (SSSR count). The molecule has 1 fully saturated rings. The van der Waals surface area contributed by atoms with Crippen LogP contribution in [0.25, 0.3) is 16.8 Å². The molecule has 1 amide bonds. The van der Waals surface area contributed by atoms with Crippen molar-refractivity contribution in [3.63, 3.8) is 0 Å². The van der Waals surface area contributed by atoms with E-state index in [0.717, 1.165) is 42.0 Å². The molecule has 0 spiro atoms. The van der Waals surface area contributed by atoms with E-state index >= 15 is 0 Å². The van der Waals surface area contributed by atoms with E-state index in [4.69, 9.17) is 14.6 Å². The largest absolute Gasteiger partial charge is 0.490 e.